The van der Waals surface area contributed by atoms with Crippen molar-refractivity contribution in [1.29, 1.82) is 0 Å². The smallest absolute Gasteiger partial charge is 0.148 e. The van der Waals surface area contributed by atoms with E-state index in [1.165, 1.54) is 31.4 Å². The molecule has 0 bridgehead atoms. The number of likely N-dealkylation sites (tertiary alicyclic amines) is 1. The van der Waals surface area contributed by atoms with Gasteiger partial charge < -0.3 is 57.4 Å². The van der Waals surface area contributed by atoms with Crippen LogP contribution < -0.4 is 39.1 Å². The first kappa shape index (κ1) is 64.7. The molecule has 1 aliphatic heterocycles. The van der Waals surface area contributed by atoms with E-state index < -0.39 is 0 Å². The number of hydrogen-bond acceptors (Lipinski definition) is 20. The molecule has 25 nitrogen and oxygen atoms in total. The van der Waals surface area contributed by atoms with Crippen molar-refractivity contribution in [1.82, 2.24) is 88.0 Å². The van der Waals surface area contributed by atoms with Gasteiger partial charge in [-0.1, -0.05) is 35.9 Å². The average molecular weight is 1210 g/mol. The van der Waals surface area contributed by atoms with Crippen LogP contribution in [0.2, 0.25) is 0 Å². The molecule has 1 fully saturated rings. The third kappa shape index (κ3) is 15.8. The maximum atomic E-state index is 5.98. The quantitative estimate of drug-likeness (QED) is 0.0783. The Labute approximate surface area is 523 Å². The van der Waals surface area contributed by atoms with Gasteiger partial charge >= 0.3 is 0 Å². The molecule has 12 heterocycles. The first-order valence-electron chi connectivity index (χ1n) is 28.8. The van der Waals surface area contributed by atoms with Gasteiger partial charge in [0.15, 0.2) is 0 Å². The molecule has 0 amide bonds. The molecule has 0 aliphatic carbocycles. The molecule has 12 aromatic rings. The van der Waals surface area contributed by atoms with Crippen LogP contribution in [0.25, 0.3) is 67.4 Å². The molecule has 25 heteroatoms. The van der Waals surface area contributed by atoms with Crippen LogP contribution >= 0.6 is 0 Å². The molecule has 11 aromatic heterocycles. The van der Waals surface area contributed by atoms with Gasteiger partial charge in [0.2, 0.25) is 0 Å². The Balaban J connectivity index is 0.000000140. The average Bonchev–Trinajstić information content (AvgIpc) is 1.84. The van der Waals surface area contributed by atoms with Crippen LogP contribution in [0.1, 0.15) is 49.0 Å². The molecule has 0 radical (unpaired) electrons. The molecule has 1 aliphatic rings. The largest absolute Gasteiger partial charge is 0.494 e. The highest BCUT2D eigenvalue weighted by Gasteiger charge is 2.21. The molecule has 1 aromatic carbocycles. The fraction of sp³-hybridized carbons (Fsp3) is 0.231. The highest BCUT2D eigenvalue weighted by molar-refractivity contribution is 5.80. The van der Waals surface area contributed by atoms with Crippen LogP contribution in [-0.2, 0) is 34.7 Å². The Morgan fingerprint density at radius 1 is 0.478 bits per heavy atom. The first-order valence-corrected chi connectivity index (χ1v) is 28.8. The molecule has 12 N–H and O–H groups in total. The van der Waals surface area contributed by atoms with E-state index in [0.717, 1.165) is 90.9 Å². The maximum absolute atomic E-state index is 5.98. The fourth-order valence-electron chi connectivity index (χ4n) is 10.2. The number of hydrogen-bond donors (Lipinski definition) is 6. The number of nitrogens with zero attached hydrogens (tertiary/aromatic N) is 18. The molecular weight excluding hydrogens is 1130 g/mol. The molecule has 90 heavy (non-hydrogen) atoms. The number of methoxy groups -OCH3 is 1. The second-order valence-corrected chi connectivity index (χ2v) is 21.1. The summed E-state index contributed by atoms with van der Waals surface area (Å²) in [5, 5.41) is 7.60. The zero-order chi connectivity index (χ0) is 64.3. The van der Waals surface area contributed by atoms with Crippen molar-refractivity contribution < 1.29 is 4.74 Å². The predicted molar refractivity (Wildman–Crippen MR) is 356 cm³/mol. The van der Waals surface area contributed by atoms with Crippen molar-refractivity contribution in [3.8, 4) is 73.2 Å². The Bertz CT molecular complexity index is 4180. The van der Waals surface area contributed by atoms with E-state index in [0.29, 0.717) is 40.2 Å². The molecule has 0 saturated carbocycles. The number of piperidine rings is 1. The number of aryl methyl sites for hydroxylation is 7. The van der Waals surface area contributed by atoms with Gasteiger partial charge in [-0.25, -0.2) is 24.6 Å². The number of rotatable bonds is 9. The van der Waals surface area contributed by atoms with Crippen molar-refractivity contribution in [2.24, 2.45) is 28.2 Å². The monoisotopic (exact) mass is 1210 g/mol. The Morgan fingerprint density at radius 2 is 0.989 bits per heavy atom. The summed E-state index contributed by atoms with van der Waals surface area (Å²) in [5.41, 5.74) is 54.4. The number of aromatic nitrogens is 17. The van der Waals surface area contributed by atoms with Crippen molar-refractivity contribution >= 4 is 34.1 Å². The summed E-state index contributed by atoms with van der Waals surface area (Å²) in [6.45, 7) is 8.12. The Kier molecular flexibility index (Phi) is 22.2. The van der Waals surface area contributed by atoms with E-state index in [4.69, 9.17) is 39.1 Å². The standard InChI is InChI=1S/C17H21N3.C10H12N4O.3C10H12N4.C8H9N5/c1-20-11-3-2-4-17(20)14-7-5-13(6-8-14)15-9-10-19-12-16(15)18;1-14-6-13-4-8(14)10-7(11)3-12-5-9(10)15-2;1-7-3-12-4-8(11)10(7)9-5-13-6-14(9)2;1-7-10(14(2)6-13-7)8-3-4-12-5-9(8)11;1-2-14-7-13-6-10(14)8-3-4-12-5-9(8)11;1-13-8(5-11-12-13)6-2-3-10-4-7(6)9/h5-10,12,17H,2-4,11,18H2,1H3;3-6H,11H2,1-2H3;2*3-6H,11H2,1-2H3;3-7H,2,11H2,1H3;2-5H,9H2,1H3/t17-;;;;;/m1...../s1. The summed E-state index contributed by atoms with van der Waals surface area (Å²) in [6, 6.07) is 17.0. The third-order valence-electron chi connectivity index (χ3n) is 14.9. The predicted octanol–water partition coefficient (Wildman–Crippen LogP) is 9.31. The van der Waals surface area contributed by atoms with E-state index >= 15 is 0 Å². The highest BCUT2D eigenvalue weighted by atomic mass is 16.5. The van der Waals surface area contributed by atoms with Crippen LogP contribution in [0.5, 0.6) is 5.75 Å². The minimum absolute atomic E-state index is 0.563. The molecule has 1 saturated heterocycles. The number of nitrogen functional groups attached to an aromatic ring is 6. The molecule has 1 atom stereocenters. The summed E-state index contributed by atoms with van der Waals surface area (Å²) < 4.78 is 14.7. The normalized spacial score (nSPS) is 12.5. The van der Waals surface area contributed by atoms with Gasteiger partial charge in [0.25, 0.3) is 0 Å². The number of anilines is 6. The van der Waals surface area contributed by atoms with Crippen molar-refractivity contribution in [3.63, 3.8) is 0 Å². The van der Waals surface area contributed by atoms with Crippen LogP contribution in [-0.4, -0.2) is 109 Å². The SMILES string of the molecule is CCn1cncc1-c1ccncc1N.CN1CCCC[C@@H]1c1ccc(-c2ccncc2N)cc1.COc1cncc(N)c1-c1cncn1C.Cc1cncc(N)c1-c1cncn1C.Cc1ncn(C)c1-c1ccncc1N.Cn1nncc1-c1ccncc1N. The van der Waals surface area contributed by atoms with E-state index in [2.05, 4.69) is 103 Å². The summed E-state index contributed by atoms with van der Waals surface area (Å²) >= 11 is 0. The Morgan fingerprint density at radius 3 is 1.48 bits per heavy atom. The minimum atomic E-state index is 0.563. The van der Waals surface area contributed by atoms with Crippen LogP contribution in [0, 0.1) is 13.8 Å². The van der Waals surface area contributed by atoms with Gasteiger partial charge in [-0.3, -0.25) is 34.8 Å². The zero-order valence-corrected chi connectivity index (χ0v) is 52.2. The zero-order valence-electron chi connectivity index (χ0n) is 52.2. The summed E-state index contributed by atoms with van der Waals surface area (Å²) in [5.74, 6) is 0.651. The second kappa shape index (κ2) is 30.8. The van der Waals surface area contributed by atoms with Crippen LogP contribution in [0.15, 0.2) is 173 Å². The fourth-order valence-corrected chi connectivity index (χ4v) is 10.2. The minimum Gasteiger partial charge on any atom is -0.494 e. The van der Waals surface area contributed by atoms with Gasteiger partial charge in [0.1, 0.15) is 5.75 Å². The van der Waals surface area contributed by atoms with E-state index in [1.54, 1.807) is 130 Å². The van der Waals surface area contributed by atoms with Crippen molar-refractivity contribution in [2.45, 2.75) is 52.6 Å². The maximum Gasteiger partial charge on any atom is 0.148 e. The van der Waals surface area contributed by atoms with Gasteiger partial charge in [-0.05, 0) is 88.2 Å². The summed E-state index contributed by atoms with van der Waals surface area (Å²) in [6.07, 6.45) is 38.3. The van der Waals surface area contributed by atoms with Crippen molar-refractivity contribution in [2.75, 3.05) is 55.1 Å². The number of pyridine rings is 6. The molecule has 13 rings (SSSR count). The van der Waals surface area contributed by atoms with Crippen LogP contribution in [0.4, 0.5) is 34.1 Å². The molecule has 0 unspecified atom stereocenters. The van der Waals surface area contributed by atoms with Gasteiger partial charge in [0.05, 0.1) is 174 Å². The number of imidazole rings is 4. The van der Waals surface area contributed by atoms with Gasteiger partial charge in [0, 0.05) is 99.6 Å². The van der Waals surface area contributed by atoms with Gasteiger partial charge in [-0.15, -0.1) is 5.10 Å². The lowest BCUT2D eigenvalue weighted by atomic mass is 9.94. The second-order valence-electron chi connectivity index (χ2n) is 21.1. The molecule has 0 spiro atoms. The topological polar surface area (TPSA) is 348 Å². The van der Waals surface area contributed by atoms with E-state index in [-0.39, 0.29) is 0 Å². The molecule has 464 valence electrons. The third-order valence-corrected chi connectivity index (χ3v) is 14.9. The lowest BCUT2D eigenvalue weighted by Crippen LogP contribution is -2.29. The number of ether oxygens (including phenoxy) is 1. The van der Waals surface area contributed by atoms with Crippen LogP contribution in [0.3, 0.4) is 0 Å². The number of nitrogens with two attached hydrogens (primary N) is 6. The first-order chi connectivity index (χ1) is 43.5. The lowest BCUT2D eigenvalue weighted by Gasteiger charge is -2.32. The number of benzene rings is 1. The van der Waals surface area contributed by atoms with E-state index in [9.17, 15) is 0 Å². The summed E-state index contributed by atoms with van der Waals surface area (Å²) in [4.78, 5) is 42.8. The van der Waals surface area contributed by atoms with E-state index in [1.807, 2.05) is 90.8 Å². The molecular formula is C65H78N24O. The van der Waals surface area contributed by atoms with Gasteiger partial charge in [-0.2, -0.15) is 0 Å². The lowest BCUT2D eigenvalue weighted by molar-refractivity contribution is 0.187. The highest BCUT2D eigenvalue weighted by Crippen LogP contribution is 2.35. The summed E-state index contributed by atoms with van der Waals surface area (Å²) in [7, 11) is 11.4. The van der Waals surface area contributed by atoms with Crippen molar-refractivity contribution in [3.05, 3.63) is 190 Å². The Hall–Kier alpha value is -11.3.